The van der Waals surface area contributed by atoms with Crippen LogP contribution in [0.25, 0.3) is 10.9 Å². The standard InChI is InChI=1S/C19H19NO3/c1-12(2)18-10-16-15(19(22)23)4-3-5-17(16)20(18)11-13-6-8-14(21)9-7-13/h3-10,12,21H,11H2,1-2H3,(H,22,23). The Morgan fingerprint density at radius 1 is 1.13 bits per heavy atom. The summed E-state index contributed by atoms with van der Waals surface area (Å²) in [6.07, 6.45) is 0. The summed E-state index contributed by atoms with van der Waals surface area (Å²) in [5.41, 5.74) is 3.40. The van der Waals surface area contributed by atoms with Crippen molar-refractivity contribution in [2.45, 2.75) is 26.3 Å². The van der Waals surface area contributed by atoms with Crippen LogP contribution in [0.5, 0.6) is 5.75 Å². The molecule has 0 aliphatic rings. The third-order valence-corrected chi connectivity index (χ3v) is 4.08. The van der Waals surface area contributed by atoms with Gasteiger partial charge in [-0.2, -0.15) is 0 Å². The van der Waals surface area contributed by atoms with Crippen LogP contribution in [0.2, 0.25) is 0 Å². The number of phenols is 1. The maximum atomic E-state index is 11.5. The van der Waals surface area contributed by atoms with Gasteiger partial charge in [-0.1, -0.05) is 32.0 Å². The zero-order valence-corrected chi connectivity index (χ0v) is 13.2. The fourth-order valence-corrected chi connectivity index (χ4v) is 2.93. The van der Waals surface area contributed by atoms with E-state index >= 15 is 0 Å². The van der Waals surface area contributed by atoms with Crippen LogP contribution in [-0.4, -0.2) is 20.7 Å². The molecular weight excluding hydrogens is 290 g/mol. The molecule has 2 aromatic carbocycles. The van der Waals surface area contributed by atoms with Crippen molar-refractivity contribution in [1.82, 2.24) is 4.57 Å². The monoisotopic (exact) mass is 309 g/mol. The molecule has 118 valence electrons. The maximum absolute atomic E-state index is 11.5. The van der Waals surface area contributed by atoms with Gasteiger partial charge in [0.25, 0.3) is 0 Å². The number of carboxylic acids is 1. The molecule has 1 heterocycles. The normalized spacial score (nSPS) is 11.3. The Kier molecular flexibility index (Phi) is 3.82. The van der Waals surface area contributed by atoms with Crippen LogP contribution in [0.4, 0.5) is 0 Å². The second-order valence-electron chi connectivity index (χ2n) is 6.02. The molecule has 0 unspecified atom stereocenters. The van der Waals surface area contributed by atoms with E-state index in [4.69, 9.17) is 0 Å². The first-order valence-electron chi connectivity index (χ1n) is 7.60. The molecule has 0 saturated heterocycles. The number of fused-ring (bicyclic) bond motifs is 1. The molecule has 3 rings (SSSR count). The largest absolute Gasteiger partial charge is 0.508 e. The van der Waals surface area contributed by atoms with E-state index in [0.717, 1.165) is 22.2 Å². The topological polar surface area (TPSA) is 62.5 Å². The number of aromatic hydroxyl groups is 1. The third-order valence-electron chi connectivity index (χ3n) is 4.08. The van der Waals surface area contributed by atoms with E-state index in [0.29, 0.717) is 12.1 Å². The Morgan fingerprint density at radius 2 is 1.83 bits per heavy atom. The van der Waals surface area contributed by atoms with E-state index in [1.54, 1.807) is 24.3 Å². The molecule has 3 aromatic rings. The lowest BCUT2D eigenvalue weighted by atomic mass is 10.1. The second-order valence-corrected chi connectivity index (χ2v) is 6.02. The van der Waals surface area contributed by atoms with Crippen molar-refractivity contribution in [3.8, 4) is 5.75 Å². The van der Waals surface area contributed by atoms with E-state index in [1.807, 2.05) is 24.3 Å². The lowest BCUT2D eigenvalue weighted by Gasteiger charge is -2.13. The fraction of sp³-hybridized carbons (Fsp3) is 0.211. The molecular formula is C19H19NO3. The van der Waals surface area contributed by atoms with Gasteiger partial charge in [0, 0.05) is 23.1 Å². The number of rotatable bonds is 4. The van der Waals surface area contributed by atoms with Gasteiger partial charge >= 0.3 is 5.97 Å². The van der Waals surface area contributed by atoms with Gasteiger partial charge < -0.3 is 14.8 Å². The summed E-state index contributed by atoms with van der Waals surface area (Å²) in [7, 11) is 0. The quantitative estimate of drug-likeness (QED) is 0.758. The lowest BCUT2D eigenvalue weighted by Crippen LogP contribution is -2.05. The van der Waals surface area contributed by atoms with Crippen LogP contribution in [0.1, 0.15) is 41.4 Å². The number of carbonyl (C=O) groups is 1. The summed E-state index contributed by atoms with van der Waals surface area (Å²) >= 11 is 0. The molecule has 0 amide bonds. The maximum Gasteiger partial charge on any atom is 0.336 e. The highest BCUT2D eigenvalue weighted by molar-refractivity contribution is 6.03. The van der Waals surface area contributed by atoms with Crippen LogP contribution in [0.3, 0.4) is 0 Å². The average molecular weight is 309 g/mol. The van der Waals surface area contributed by atoms with Crippen molar-refractivity contribution in [3.05, 3.63) is 65.4 Å². The summed E-state index contributed by atoms with van der Waals surface area (Å²) in [6, 6.07) is 14.4. The van der Waals surface area contributed by atoms with Crippen molar-refractivity contribution in [2.75, 3.05) is 0 Å². The number of nitrogens with zero attached hydrogens (tertiary/aromatic N) is 1. The SMILES string of the molecule is CC(C)c1cc2c(C(=O)O)cccc2n1Cc1ccc(O)cc1. The summed E-state index contributed by atoms with van der Waals surface area (Å²) in [5, 5.41) is 19.6. The minimum absolute atomic E-state index is 0.239. The summed E-state index contributed by atoms with van der Waals surface area (Å²) < 4.78 is 2.15. The molecule has 0 aliphatic heterocycles. The van der Waals surface area contributed by atoms with Crippen LogP contribution < -0.4 is 0 Å². The van der Waals surface area contributed by atoms with Crippen molar-refractivity contribution in [3.63, 3.8) is 0 Å². The number of phenolic OH excluding ortho intramolecular Hbond substituents is 1. The third kappa shape index (κ3) is 2.80. The molecule has 0 spiro atoms. The zero-order valence-electron chi connectivity index (χ0n) is 13.2. The summed E-state index contributed by atoms with van der Waals surface area (Å²) in [6.45, 7) is 4.84. The van der Waals surface area contributed by atoms with Gasteiger partial charge in [0.2, 0.25) is 0 Å². The van der Waals surface area contributed by atoms with E-state index < -0.39 is 5.97 Å². The Balaban J connectivity index is 2.17. The van der Waals surface area contributed by atoms with Gasteiger partial charge in [-0.15, -0.1) is 0 Å². The molecule has 0 bridgehead atoms. The van der Waals surface area contributed by atoms with Crippen molar-refractivity contribution in [1.29, 1.82) is 0 Å². The molecule has 1 aromatic heterocycles. The molecule has 0 fully saturated rings. The Labute approximate surface area is 134 Å². The molecule has 0 aliphatic carbocycles. The number of hydrogen-bond donors (Lipinski definition) is 2. The minimum atomic E-state index is -0.910. The molecule has 0 saturated carbocycles. The number of carboxylic acid groups (broad SMARTS) is 1. The van der Waals surface area contributed by atoms with Crippen LogP contribution in [-0.2, 0) is 6.54 Å². The number of benzene rings is 2. The first-order chi connectivity index (χ1) is 11.0. The smallest absolute Gasteiger partial charge is 0.336 e. The minimum Gasteiger partial charge on any atom is -0.508 e. The van der Waals surface area contributed by atoms with Gasteiger partial charge in [0.15, 0.2) is 0 Å². The molecule has 0 atom stereocenters. The van der Waals surface area contributed by atoms with E-state index in [-0.39, 0.29) is 11.7 Å². The molecule has 4 heteroatoms. The fourth-order valence-electron chi connectivity index (χ4n) is 2.93. The van der Waals surface area contributed by atoms with Gasteiger partial charge in [-0.25, -0.2) is 4.79 Å². The Morgan fingerprint density at radius 3 is 2.43 bits per heavy atom. The second kappa shape index (κ2) is 5.80. The molecule has 4 nitrogen and oxygen atoms in total. The zero-order chi connectivity index (χ0) is 16.6. The first kappa shape index (κ1) is 15.2. The van der Waals surface area contributed by atoms with Crippen molar-refractivity contribution in [2.24, 2.45) is 0 Å². The summed E-state index contributed by atoms with van der Waals surface area (Å²) in [4.78, 5) is 11.5. The Hall–Kier alpha value is -2.75. The van der Waals surface area contributed by atoms with Crippen molar-refractivity contribution < 1.29 is 15.0 Å². The predicted octanol–water partition coefficient (Wildman–Crippen LogP) is 4.22. The van der Waals surface area contributed by atoms with Crippen LogP contribution in [0.15, 0.2) is 48.5 Å². The van der Waals surface area contributed by atoms with Gasteiger partial charge in [0.05, 0.1) is 5.56 Å². The molecule has 23 heavy (non-hydrogen) atoms. The van der Waals surface area contributed by atoms with Gasteiger partial charge in [0.1, 0.15) is 5.75 Å². The summed E-state index contributed by atoms with van der Waals surface area (Å²) in [5.74, 6) is -0.391. The highest BCUT2D eigenvalue weighted by Crippen LogP contribution is 2.29. The van der Waals surface area contributed by atoms with E-state index in [9.17, 15) is 15.0 Å². The van der Waals surface area contributed by atoms with Gasteiger partial charge in [-0.05, 0) is 41.8 Å². The number of hydrogen-bond acceptors (Lipinski definition) is 2. The van der Waals surface area contributed by atoms with Crippen LogP contribution in [0, 0.1) is 0 Å². The van der Waals surface area contributed by atoms with E-state index in [1.165, 1.54) is 0 Å². The molecule has 0 radical (unpaired) electrons. The predicted molar refractivity (Wildman–Crippen MR) is 90.2 cm³/mol. The first-order valence-corrected chi connectivity index (χ1v) is 7.60. The lowest BCUT2D eigenvalue weighted by molar-refractivity contribution is 0.0699. The average Bonchev–Trinajstić information content (AvgIpc) is 2.88. The Bertz CT molecular complexity index is 860. The van der Waals surface area contributed by atoms with Crippen molar-refractivity contribution >= 4 is 16.9 Å². The number of aromatic carboxylic acids is 1. The number of aromatic nitrogens is 1. The van der Waals surface area contributed by atoms with Crippen LogP contribution >= 0.6 is 0 Å². The van der Waals surface area contributed by atoms with Gasteiger partial charge in [-0.3, -0.25) is 0 Å². The highest BCUT2D eigenvalue weighted by Gasteiger charge is 2.17. The highest BCUT2D eigenvalue weighted by atomic mass is 16.4. The van der Waals surface area contributed by atoms with E-state index in [2.05, 4.69) is 18.4 Å². The molecule has 2 N–H and O–H groups in total.